The number of aryl methyl sites for hydroxylation is 1. The molecule has 2 aromatic rings. The van der Waals surface area contributed by atoms with Crippen LogP contribution in [0.3, 0.4) is 0 Å². The number of ether oxygens (including phenoxy) is 2. The lowest BCUT2D eigenvalue weighted by Gasteiger charge is -2.12. The monoisotopic (exact) mass is 315 g/mol. The zero-order valence-corrected chi connectivity index (χ0v) is 14.0. The van der Waals surface area contributed by atoms with Crippen LogP contribution in [0.1, 0.15) is 23.6 Å². The van der Waals surface area contributed by atoms with E-state index in [1.807, 2.05) is 18.2 Å². The van der Waals surface area contributed by atoms with E-state index in [0.29, 0.717) is 23.0 Å². The third-order valence-electron chi connectivity index (χ3n) is 3.53. The molecule has 0 aliphatic rings. The van der Waals surface area contributed by atoms with E-state index in [-0.39, 0.29) is 0 Å². The van der Waals surface area contributed by atoms with Crippen LogP contribution in [0.2, 0.25) is 0 Å². The van der Waals surface area contributed by atoms with Gasteiger partial charge in [-0.25, -0.2) is 0 Å². The van der Waals surface area contributed by atoms with Gasteiger partial charge in [0.05, 0.1) is 14.2 Å². The van der Waals surface area contributed by atoms with Crippen LogP contribution in [0.25, 0.3) is 0 Å². The zero-order valence-electron chi connectivity index (χ0n) is 13.2. The average molecular weight is 315 g/mol. The van der Waals surface area contributed by atoms with Gasteiger partial charge in [0.15, 0.2) is 11.5 Å². The fourth-order valence-electron chi connectivity index (χ4n) is 2.15. The fourth-order valence-corrected chi connectivity index (χ4v) is 2.35. The van der Waals surface area contributed by atoms with Crippen LogP contribution in [0.5, 0.6) is 11.5 Å². The minimum absolute atomic E-state index is 0.677. The minimum Gasteiger partial charge on any atom is -0.493 e. The molecular formula is C18H21NO2S. The molecule has 2 aromatic carbocycles. The molecule has 0 heterocycles. The lowest BCUT2D eigenvalue weighted by atomic mass is 10.1. The van der Waals surface area contributed by atoms with Crippen molar-refractivity contribution in [3.8, 4) is 11.5 Å². The topological polar surface area (TPSA) is 30.5 Å². The van der Waals surface area contributed by atoms with Crippen LogP contribution >= 0.6 is 12.2 Å². The van der Waals surface area contributed by atoms with E-state index in [1.54, 1.807) is 14.2 Å². The summed E-state index contributed by atoms with van der Waals surface area (Å²) >= 11 is 5.45. The van der Waals surface area contributed by atoms with Crippen molar-refractivity contribution in [3.05, 3.63) is 59.2 Å². The molecular weight excluding hydrogens is 294 g/mol. The number of hydrogen-bond acceptors (Lipinski definition) is 3. The summed E-state index contributed by atoms with van der Waals surface area (Å²) in [5.41, 5.74) is 3.46. The Morgan fingerprint density at radius 1 is 0.955 bits per heavy atom. The van der Waals surface area contributed by atoms with Gasteiger partial charge in [-0.3, -0.25) is 0 Å². The number of nitrogens with one attached hydrogen (secondary N) is 1. The van der Waals surface area contributed by atoms with Crippen LogP contribution < -0.4 is 14.8 Å². The van der Waals surface area contributed by atoms with E-state index in [1.165, 1.54) is 11.1 Å². The Kier molecular flexibility index (Phi) is 5.78. The average Bonchev–Trinajstić information content (AvgIpc) is 2.59. The molecule has 0 bridgehead atoms. The lowest BCUT2D eigenvalue weighted by molar-refractivity contribution is 0.355. The molecule has 0 spiro atoms. The first kappa shape index (κ1) is 16.3. The maximum Gasteiger partial charge on any atom is 0.161 e. The number of methoxy groups -OCH3 is 2. The van der Waals surface area contributed by atoms with Crippen molar-refractivity contribution in [2.75, 3.05) is 14.2 Å². The highest BCUT2D eigenvalue weighted by atomic mass is 32.1. The first-order valence-corrected chi connectivity index (χ1v) is 7.66. The highest BCUT2D eigenvalue weighted by Gasteiger charge is 2.07. The molecule has 0 amide bonds. The number of benzene rings is 2. The molecule has 2 rings (SSSR count). The van der Waals surface area contributed by atoms with Crippen LogP contribution in [0.4, 0.5) is 0 Å². The summed E-state index contributed by atoms with van der Waals surface area (Å²) in [5, 5.41) is 3.28. The second kappa shape index (κ2) is 7.80. The Balaban J connectivity index is 2.02. The van der Waals surface area contributed by atoms with Crippen molar-refractivity contribution >= 4 is 17.2 Å². The largest absolute Gasteiger partial charge is 0.493 e. The smallest absolute Gasteiger partial charge is 0.161 e. The molecule has 0 aliphatic carbocycles. The van der Waals surface area contributed by atoms with Crippen LogP contribution in [-0.4, -0.2) is 19.2 Å². The van der Waals surface area contributed by atoms with Crippen molar-refractivity contribution < 1.29 is 9.47 Å². The van der Waals surface area contributed by atoms with Crippen molar-refractivity contribution in [2.45, 2.75) is 19.9 Å². The van der Waals surface area contributed by atoms with Gasteiger partial charge < -0.3 is 14.8 Å². The highest BCUT2D eigenvalue weighted by Crippen LogP contribution is 2.27. The van der Waals surface area contributed by atoms with E-state index in [0.717, 1.165) is 12.0 Å². The first-order chi connectivity index (χ1) is 10.7. The molecule has 0 unspecified atom stereocenters. The third-order valence-corrected chi connectivity index (χ3v) is 3.91. The molecule has 0 saturated carbocycles. The van der Waals surface area contributed by atoms with Gasteiger partial charge in [-0.2, -0.15) is 0 Å². The zero-order chi connectivity index (χ0) is 15.9. The lowest BCUT2D eigenvalue weighted by Crippen LogP contribution is -2.21. The van der Waals surface area contributed by atoms with Gasteiger partial charge in [-0.1, -0.05) is 43.4 Å². The summed E-state index contributed by atoms with van der Waals surface area (Å²) < 4.78 is 10.5. The summed E-state index contributed by atoms with van der Waals surface area (Å²) in [7, 11) is 3.24. The van der Waals surface area contributed by atoms with E-state index in [4.69, 9.17) is 21.7 Å². The normalized spacial score (nSPS) is 10.1. The minimum atomic E-state index is 0.677. The van der Waals surface area contributed by atoms with E-state index in [2.05, 4.69) is 36.5 Å². The molecule has 1 N–H and O–H groups in total. The Bertz CT molecular complexity index is 638. The fraction of sp³-hybridized carbons (Fsp3) is 0.278. The van der Waals surface area contributed by atoms with Crippen molar-refractivity contribution in [1.29, 1.82) is 0 Å². The number of rotatable bonds is 6. The molecule has 22 heavy (non-hydrogen) atoms. The SMILES string of the molecule is CCc1ccc(CNC(=S)c2ccc(OC)c(OC)c2)cc1. The second-order valence-electron chi connectivity index (χ2n) is 4.92. The summed E-state index contributed by atoms with van der Waals surface area (Å²) in [6, 6.07) is 14.2. The molecule has 0 fully saturated rings. The molecule has 4 heteroatoms. The second-order valence-corrected chi connectivity index (χ2v) is 5.33. The summed E-state index contributed by atoms with van der Waals surface area (Å²) in [5.74, 6) is 1.38. The van der Waals surface area contributed by atoms with Crippen LogP contribution in [0, 0.1) is 0 Å². The van der Waals surface area contributed by atoms with Gasteiger partial charge in [0.25, 0.3) is 0 Å². The number of hydrogen-bond donors (Lipinski definition) is 1. The summed E-state index contributed by atoms with van der Waals surface area (Å²) in [6.07, 6.45) is 1.05. The molecule has 0 atom stereocenters. The van der Waals surface area contributed by atoms with Gasteiger partial charge in [0, 0.05) is 12.1 Å². The van der Waals surface area contributed by atoms with E-state index >= 15 is 0 Å². The van der Waals surface area contributed by atoms with Crippen LogP contribution in [0.15, 0.2) is 42.5 Å². The van der Waals surface area contributed by atoms with Gasteiger partial charge in [0.2, 0.25) is 0 Å². The summed E-state index contributed by atoms with van der Waals surface area (Å²) in [6.45, 7) is 2.86. The van der Waals surface area contributed by atoms with Crippen LogP contribution in [-0.2, 0) is 13.0 Å². The number of thiocarbonyl (C=S) groups is 1. The van der Waals surface area contributed by atoms with Gasteiger partial charge in [-0.15, -0.1) is 0 Å². The highest BCUT2D eigenvalue weighted by molar-refractivity contribution is 7.80. The first-order valence-electron chi connectivity index (χ1n) is 7.26. The molecule has 0 aromatic heterocycles. The van der Waals surface area contributed by atoms with Gasteiger partial charge in [0.1, 0.15) is 4.99 Å². The molecule has 0 saturated heterocycles. The summed E-state index contributed by atoms with van der Waals surface area (Å²) in [4.78, 5) is 0.695. The maximum atomic E-state index is 5.45. The molecule has 116 valence electrons. The molecule has 0 radical (unpaired) electrons. The van der Waals surface area contributed by atoms with E-state index in [9.17, 15) is 0 Å². The Morgan fingerprint density at radius 2 is 1.59 bits per heavy atom. The standard InChI is InChI=1S/C18H21NO2S/c1-4-13-5-7-14(8-6-13)12-19-18(22)15-9-10-16(20-2)17(11-15)21-3/h5-11H,4,12H2,1-3H3,(H,19,22). The van der Waals surface area contributed by atoms with E-state index < -0.39 is 0 Å². The Hall–Kier alpha value is -2.07. The Morgan fingerprint density at radius 3 is 2.18 bits per heavy atom. The van der Waals surface area contributed by atoms with Gasteiger partial charge in [-0.05, 0) is 35.7 Å². The predicted molar refractivity (Wildman–Crippen MR) is 93.9 cm³/mol. The van der Waals surface area contributed by atoms with Crippen molar-refractivity contribution in [2.24, 2.45) is 0 Å². The van der Waals surface area contributed by atoms with Gasteiger partial charge >= 0.3 is 0 Å². The quantitative estimate of drug-likeness (QED) is 0.823. The molecule has 0 aliphatic heterocycles. The Labute approximate surface area is 137 Å². The van der Waals surface area contributed by atoms with Crippen molar-refractivity contribution in [3.63, 3.8) is 0 Å². The predicted octanol–water partition coefficient (Wildman–Crippen LogP) is 3.73. The van der Waals surface area contributed by atoms with Crippen molar-refractivity contribution in [1.82, 2.24) is 5.32 Å². The molecule has 3 nitrogen and oxygen atoms in total. The maximum absolute atomic E-state index is 5.45. The third kappa shape index (κ3) is 3.98.